The van der Waals surface area contributed by atoms with E-state index in [0.717, 1.165) is 29.2 Å². The Kier molecular flexibility index (Phi) is 5.99. The summed E-state index contributed by atoms with van der Waals surface area (Å²) >= 11 is 0. The molecule has 0 saturated heterocycles. The zero-order valence-corrected chi connectivity index (χ0v) is 19.4. The van der Waals surface area contributed by atoms with Crippen molar-refractivity contribution in [2.45, 2.75) is 33.1 Å². The minimum atomic E-state index is 1.08. The largest absolute Gasteiger partial charge is 0.353 e. The molecule has 0 aliphatic carbocycles. The van der Waals surface area contributed by atoms with Crippen molar-refractivity contribution in [2.75, 3.05) is 10.6 Å². The van der Waals surface area contributed by atoms with Crippen LogP contribution in [0, 0.1) is 6.92 Å². The van der Waals surface area contributed by atoms with E-state index in [2.05, 4.69) is 122 Å². The molecule has 5 rings (SSSR count). The van der Waals surface area contributed by atoms with Crippen LogP contribution in [0.4, 0.5) is 22.7 Å². The summed E-state index contributed by atoms with van der Waals surface area (Å²) in [5.74, 6) is 0. The zero-order valence-electron chi connectivity index (χ0n) is 19.4. The van der Waals surface area contributed by atoms with Crippen LogP contribution >= 0.6 is 0 Å². The first-order valence-corrected chi connectivity index (χ1v) is 11.9. The van der Waals surface area contributed by atoms with Gasteiger partial charge in [0.05, 0.1) is 11.4 Å². The maximum atomic E-state index is 3.76. The maximum Gasteiger partial charge on any atom is 0.0709 e. The molecule has 0 aromatic heterocycles. The minimum absolute atomic E-state index is 1.08. The smallest absolute Gasteiger partial charge is 0.0709 e. The van der Waals surface area contributed by atoms with Gasteiger partial charge in [-0.05, 0) is 60.4 Å². The van der Waals surface area contributed by atoms with Crippen LogP contribution in [0.15, 0.2) is 97.1 Å². The fourth-order valence-electron chi connectivity index (χ4n) is 4.46. The highest BCUT2D eigenvalue weighted by atomic mass is 15.0. The van der Waals surface area contributed by atoms with Crippen LogP contribution in [0.25, 0.3) is 21.5 Å². The Morgan fingerprint density at radius 3 is 1.48 bits per heavy atom. The van der Waals surface area contributed by atoms with Gasteiger partial charge in [0.25, 0.3) is 0 Å². The lowest BCUT2D eigenvalue weighted by Gasteiger charge is -2.20. The van der Waals surface area contributed by atoms with Gasteiger partial charge in [0.2, 0.25) is 0 Å². The van der Waals surface area contributed by atoms with Crippen LogP contribution < -0.4 is 10.6 Å². The van der Waals surface area contributed by atoms with Gasteiger partial charge in [0, 0.05) is 22.1 Å². The van der Waals surface area contributed by atoms with Crippen molar-refractivity contribution >= 4 is 44.3 Å². The molecular formula is C31H30N2. The van der Waals surface area contributed by atoms with Gasteiger partial charge < -0.3 is 10.6 Å². The monoisotopic (exact) mass is 430 g/mol. The van der Waals surface area contributed by atoms with Crippen LogP contribution in [0.5, 0.6) is 0 Å². The average Bonchev–Trinajstić information content (AvgIpc) is 2.86. The third kappa shape index (κ3) is 4.42. The number of hydrogen-bond donors (Lipinski definition) is 2. The molecule has 0 fully saturated rings. The predicted molar refractivity (Wildman–Crippen MR) is 144 cm³/mol. The summed E-state index contributed by atoms with van der Waals surface area (Å²) in [5.41, 5.74) is 7.03. The summed E-state index contributed by atoms with van der Waals surface area (Å²) in [6.07, 6.45) is 3.58. The Morgan fingerprint density at radius 1 is 0.545 bits per heavy atom. The van der Waals surface area contributed by atoms with Gasteiger partial charge in [-0.3, -0.25) is 0 Å². The van der Waals surface area contributed by atoms with Gasteiger partial charge in [-0.1, -0.05) is 91.7 Å². The van der Waals surface area contributed by atoms with Crippen LogP contribution in [-0.2, 0) is 6.42 Å². The quantitative estimate of drug-likeness (QED) is 0.199. The molecule has 5 aromatic carbocycles. The molecule has 0 unspecified atom stereocenters. The van der Waals surface area contributed by atoms with E-state index >= 15 is 0 Å². The van der Waals surface area contributed by atoms with Crippen molar-refractivity contribution in [1.82, 2.24) is 0 Å². The first-order valence-electron chi connectivity index (χ1n) is 11.9. The fraction of sp³-hybridized carbons (Fsp3) is 0.161. The van der Waals surface area contributed by atoms with E-state index in [4.69, 9.17) is 0 Å². The fourth-order valence-corrected chi connectivity index (χ4v) is 4.46. The molecule has 0 atom stereocenters. The molecule has 164 valence electrons. The van der Waals surface area contributed by atoms with Gasteiger partial charge in [-0.25, -0.2) is 0 Å². The van der Waals surface area contributed by atoms with E-state index in [1.165, 1.54) is 45.5 Å². The van der Waals surface area contributed by atoms with Crippen molar-refractivity contribution < 1.29 is 0 Å². The van der Waals surface area contributed by atoms with E-state index in [1.54, 1.807) is 0 Å². The number of aryl methyl sites for hydroxylation is 2. The van der Waals surface area contributed by atoms with Crippen LogP contribution in [0.3, 0.4) is 0 Å². The second-order valence-corrected chi connectivity index (χ2v) is 8.76. The average molecular weight is 431 g/mol. The number of nitrogens with one attached hydrogen (secondary N) is 2. The number of hydrogen-bond acceptors (Lipinski definition) is 2. The van der Waals surface area contributed by atoms with Gasteiger partial charge in [0.1, 0.15) is 0 Å². The Bertz CT molecular complexity index is 1380. The molecule has 0 aliphatic heterocycles. The molecule has 0 radical (unpaired) electrons. The predicted octanol–water partition coefficient (Wildman–Crippen LogP) is 9.13. The summed E-state index contributed by atoms with van der Waals surface area (Å²) < 4.78 is 0. The van der Waals surface area contributed by atoms with Crippen LogP contribution in [0.1, 0.15) is 30.9 Å². The normalized spacial score (nSPS) is 11.1. The molecule has 0 spiro atoms. The van der Waals surface area contributed by atoms with Crippen molar-refractivity contribution in [3.63, 3.8) is 0 Å². The van der Waals surface area contributed by atoms with Crippen molar-refractivity contribution in [1.29, 1.82) is 0 Å². The molecule has 0 amide bonds. The lowest BCUT2D eigenvalue weighted by atomic mass is 9.97. The van der Waals surface area contributed by atoms with Gasteiger partial charge in [-0.15, -0.1) is 0 Å². The Labute approximate surface area is 196 Å². The summed E-state index contributed by atoms with van der Waals surface area (Å²) in [4.78, 5) is 0. The van der Waals surface area contributed by atoms with Gasteiger partial charge in [0.15, 0.2) is 0 Å². The van der Waals surface area contributed by atoms with E-state index in [-0.39, 0.29) is 0 Å². The lowest BCUT2D eigenvalue weighted by molar-refractivity contribution is 0.795. The standard InChI is InChI=1S/C31H30N2/c1-3-4-9-23-16-20-25(21-17-23)33-31-29-13-8-6-11-27(29)26-10-5-7-12-28(26)30(31)32-24-18-14-22(2)15-19-24/h5-8,10-21,32-33H,3-4,9H2,1-2H3. The summed E-state index contributed by atoms with van der Waals surface area (Å²) in [7, 11) is 0. The van der Waals surface area contributed by atoms with Gasteiger partial charge in [-0.2, -0.15) is 0 Å². The molecule has 5 aromatic rings. The summed E-state index contributed by atoms with van der Waals surface area (Å²) in [5, 5.41) is 12.4. The highest BCUT2D eigenvalue weighted by Gasteiger charge is 2.15. The number of rotatable bonds is 7. The number of benzene rings is 5. The first-order chi connectivity index (χ1) is 16.2. The van der Waals surface area contributed by atoms with E-state index < -0.39 is 0 Å². The number of unbranched alkanes of at least 4 members (excludes halogenated alkanes) is 1. The van der Waals surface area contributed by atoms with E-state index in [0.29, 0.717) is 0 Å². The van der Waals surface area contributed by atoms with Crippen molar-refractivity contribution in [2.24, 2.45) is 0 Å². The second-order valence-electron chi connectivity index (χ2n) is 8.76. The van der Waals surface area contributed by atoms with Crippen LogP contribution in [0.2, 0.25) is 0 Å². The molecule has 0 bridgehead atoms. The molecule has 2 N–H and O–H groups in total. The van der Waals surface area contributed by atoms with Gasteiger partial charge >= 0.3 is 0 Å². The minimum Gasteiger partial charge on any atom is -0.353 e. The van der Waals surface area contributed by atoms with Crippen LogP contribution in [-0.4, -0.2) is 0 Å². The molecule has 33 heavy (non-hydrogen) atoms. The summed E-state index contributed by atoms with van der Waals surface area (Å²) in [6.45, 7) is 4.36. The Morgan fingerprint density at radius 2 is 1.00 bits per heavy atom. The Balaban J connectivity index is 1.65. The second kappa shape index (κ2) is 9.38. The molecule has 2 nitrogen and oxygen atoms in total. The molecule has 0 saturated carbocycles. The molecule has 0 heterocycles. The number of anilines is 4. The summed E-state index contributed by atoms with van der Waals surface area (Å²) in [6, 6.07) is 34.8. The maximum absolute atomic E-state index is 3.76. The SMILES string of the molecule is CCCCc1ccc(Nc2c(Nc3ccc(C)cc3)c3ccccc3c3ccccc23)cc1. The van der Waals surface area contributed by atoms with Crippen molar-refractivity contribution in [3.05, 3.63) is 108 Å². The third-order valence-corrected chi connectivity index (χ3v) is 6.30. The van der Waals surface area contributed by atoms with E-state index in [1.807, 2.05) is 0 Å². The highest BCUT2D eigenvalue weighted by Crippen LogP contribution is 2.42. The highest BCUT2D eigenvalue weighted by molar-refractivity contribution is 6.21. The topological polar surface area (TPSA) is 24.1 Å². The molecule has 0 aliphatic rings. The molecular weight excluding hydrogens is 400 g/mol. The van der Waals surface area contributed by atoms with E-state index in [9.17, 15) is 0 Å². The van der Waals surface area contributed by atoms with Crippen molar-refractivity contribution in [3.8, 4) is 0 Å². The third-order valence-electron chi connectivity index (χ3n) is 6.30. The first kappa shape index (κ1) is 21.1. The lowest BCUT2D eigenvalue weighted by Crippen LogP contribution is -2.00. The molecule has 2 heteroatoms. The Hall–Kier alpha value is -3.78. The zero-order chi connectivity index (χ0) is 22.6. The number of fused-ring (bicyclic) bond motifs is 3.